The van der Waals surface area contributed by atoms with Crippen LogP contribution in [-0.2, 0) is 11.2 Å². The van der Waals surface area contributed by atoms with Crippen LogP contribution in [0, 0.1) is 0 Å². The van der Waals surface area contributed by atoms with E-state index in [0.29, 0.717) is 13.0 Å². The molecule has 1 aromatic heterocycles. The van der Waals surface area contributed by atoms with Crippen molar-refractivity contribution in [2.75, 3.05) is 6.54 Å². The lowest BCUT2D eigenvalue weighted by molar-refractivity contribution is -0.122. The van der Waals surface area contributed by atoms with Crippen LogP contribution in [0.1, 0.15) is 18.9 Å². The monoisotopic (exact) mass is 281 g/mol. The number of hydrogen-bond donors (Lipinski definition) is 3. The van der Waals surface area contributed by atoms with E-state index in [0.717, 1.165) is 22.9 Å². The highest BCUT2D eigenvalue weighted by molar-refractivity contribution is 5.86. The van der Waals surface area contributed by atoms with Crippen molar-refractivity contribution in [3.05, 3.63) is 36.0 Å². The van der Waals surface area contributed by atoms with Gasteiger partial charge in [0.15, 0.2) is 0 Å². The predicted molar refractivity (Wildman–Crippen MR) is 80.5 cm³/mol. The molecule has 4 nitrogen and oxygen atoms in total. The Morgan fingerprint density at radius 2 is 2.16 bits per heavy atom. The van der Waals surface area contributed by atoms with Gasteiger partial charge in [0, 0.05) is 23.6 Å². The van der Waals surface area contributed by atoms with Crippen molar-refractivity contribution in [2.45, 2.75) is 25.8 Å². The smallest absolute Gasteiger partial charge is 0.237 e. The lowest BCUT2D eigenvalue weighted by Gasteiger charge is -2.11. The Bertz CT molecular complexity index is 538. The van der Waals surface area contributed by atoms with Crippen molar-refractivity contribution in [1.29, 1.82) is 0 Å². The maximum atomic E-state index is 11.7. The summed E-state index contributed by atoms with van der Waals surface area (Å²) in [5.41, 5.74) is 8.08. The highest BCUT2D eigenvalue weighted by atomic mass is 35.5. The first kappa shape index (κ1) is 15.5. The maximum Gasteiger partial charge on any atom is 0.237 e. The number of aromatic amines is 1. The molecule has 0 bridgehead atoms. The summed E-state index contributed by atoms with van der Waals surface area (Å²) in [6.45, 7) is 2.70. The Balaban J connectivity index is 0.00000180. The Hall–Kier alpha value is -1.52. The summed E-state index contributed by atoms with van der Waals surface area (Å²) in [6.07, 6.45) is 3.41. The van der Waals surface area contributed by atoms with Crippen molar-refractivity contribution >= 4 is 29.2 Å². The number of nitrogens with two attached hydrogens (primary N) is 1. The van der Waals surface area contributed by atoms with Crippen LogP contribution in [0.4, 0.5) is 0 Å². The summed E-state index contributed by atoms with van der Waals surface area (Å²) in [4.78, 5) is 14.9. The molecule has 2 rings (SSSR count). The number of H-pyrrole nitrogens is 1. The average Bonchev–Trinajstić information content (AvgIpc) is 2.79. The van der Waals surface area contributed by atoms with Gasteiger partial charge < -0.3 is 16.0 Å². The number of halogens is 1. The Kier molecular flexibility index (Phi) is 5.86. The van der Waals surface area contributed by atoms with Crippen molar-refractivity contribution in [3.63, 3.8) is 0 Å². The minimum atomic E-state index is -0.490. The standard InChI is InChI=1S/C14H19N3O.ClH/c1-2-7-16-14(18)12(15)8-10-9-17-13-6-4-3-5-11(10)13;/h3-6,9,12,17H,2,7-8,15H2,1H3,(H,16,18);1H/t12-;/m0./s1. The quantitative estimate of drug-likeness (QED) is 0.784. The molecule has 0 spiro atoms. The van der Waals surface area contributed by atoms with Crippen molar-refractivity contribution in [3.8, 4) is 0 Å². The van der Waals surface area contributed by atoms with E-state index >= 15 is 0 Å². The van der Waals surface area contributed by atoms with Crippen molar-refractivity contribution < 1.29 is 4.79 Å². The molecule has 0 saturated heterocycles. The van der Waals surface area contributed by atoms with Crippen LogP contribution in [0.3, 0.4) is 0 Å². The minimum absolute atomic E-state index is 0. The number of aromatic nitrogens is 1. The fourth-order valence-electron chi connectivity index (χ4n) is 2.01. The summed E-state index contributed by atoms with van der Waals surface area (Å²) >= 11 is 0. The van der Waals surface area contributed by atoms with E-state index in [9.17, 15) is 4.79 Å². The average molecular weight is 282 g/mol. The normalized spacial score (nSPS) is 11.9. The van der Waals surface area contributed by atoms with Gasteiger partial charge in [0.05, 0.1) is 6.04 Å². The first-order valence-corrected chi connectivity index (χ1v) is 6.30. The molecule has 1 heterocycles. The number of amides is 1. The molecule has 5 heteroatoms. The molecule has 1 atom stereocenters. The van der Waals surface area contributed by atoms with E-state index in [2.05, 4.69) is 10.3 Å². The van der Waals surface area contributed by atoms with E-state index in [1.54, 1.807) is 0 Å². The number of rotatable bonds is 5. The second kappa shape index (κ2) is 7.16. The minimum Gasteiger partial charge on any atom is -0.361 e. The number of nitrogens with one attached hydrogen (secondary N) is 2. The molecule has 104 valence electrons. The summed E-state index contributed by atoms with van der Waals surface area (Å²) in [5.74, 6) is -0.0814. The fourth-order valence-corrected chi connectivity index (χ4v) is 2.01. The zero-order valence-corrected chi connectivity index (χ0v) is 11.8. The van der Waals surface area contributed by atoms with Gasteiger partial charge in [-0.2, -0.15) is 0 Å². The Morgan fingerprint density at radius 3 is 2.89 bits per heavy atom. The molecule has 0 aliphatic rings. The topological polar surface area (TPSA) is 70.9 Å². The molecule has 4 N–H and O–H groups in total. The van der Waals surface area contributed by atoms with Crippen LogP contribution < -0.4 is 11.1 Å². The molecular weight excluding hydrogens is 262 g/mol. The number of benzene rings is 1. The molecule has 0 radical (unpaired) electrons. The third-order valence-electron chi connectivity index (χ3n) is 3.00. The van der Waals surface area contributed by atoms with Crippen LogP contribution >= 0.6 is 12.4 Å². The van der Waals surface area contributed by atoms with Crippen LogP contribution in [0.25, 0.3) is 10.9 Å². The van der Waals surface area contributed by atoms with Gasteiger partial charge in [0.1, 0.15) is 0 Å². The Labute approximate surface area is 119 Å². The first-order valence-electron chi connectivity index (χ1n) is 6.30. The third kappa shape index (κ3) is 3.72. The SMILES string of the molecule is CCCNC(=O)[C@@H](N)Cc1c[nH]c2ccccc12.Cl. The van der Waals surface area contributed by atoms with Crippen LogP contribution in [0.2, 0.25) is 0 Å². The highest BCUT2D eigenvalue weighted by Crippen LogP contribution is 2.18. The van der Waals surface area contributed by atoms with E-state index in [-0.39, 0.29) is 18.3 Å². The Morgan fingerprint density at radius 1 is 1.42 bits per heavy atom. The second-order valence-electron chi connectivity index (χ2n) is 4.46. The van der Waals surface area contributed by atoms with Gasteiger partial charge in [-0.05, 0) is 24.5 Å². The number of carbonyl (C=O) groups excluding carboxylic acids is 1. The van der Waals surface area contributed by atoms with Crippen molar-refractivity contribution in [2.24, 2.45) is 5.73 Å². The van der Waals surface area contributed by atoms with Crippen molar-refractivity contribution in [1.82, 2.24) is 10.3 Å². The van der Waals surface area contributed by atoms with Crippen LogP contribution in [-0.4, -0.2) is 23.5 Å². The number of hydrogen-bond acceptors (Lipinski definition) is 2. The van der Waals surface area contributed by atoms with Gasteiger partial charge in [0.2, 0.25) is 5.91 Å². The molecule has 0 unspecified atom stereocenters. The molecule has 0 fully saturated rings. The van der Waals surface area contributed by atoms with Gasteiger partial charge in [-0.15, -0.1) is 12.4 Å². The van der Waals surface area contributed by atoms with E-state index < -0.39 is 6.04 Å². The molecule has 19 heavy (non-hydrogen) atoms. The van der Waals surface area contributed by atoms with E-state index in [1.807, 2.05) is 37.4 Å². The molecule has 1 amide bonds. The zero-order valence-electron chi connectivity index (χ0n) is 11.0. The summed E-state index contributed by atoms with van der Waals surface area (Å²) in [7, 11) is 0. The van der Waals surface area contributed by atoms with Gasteiger partial charge in [-0.1, -0.05) is 25.1 Å². The summed E-state index contributed by atoms with van der Waals surface area (Å²) in [5, 5.41) is 3.95. The largest absolute Gasteiger partial charge is 0.361 e. The second-order valence-corrected chi connectivity index (χ2v) is 4.46. The lowest BCUT2D eigenvalue weighted by Crippen LogP contribution is -2.42. The molecule has 2 aromatic rings. The third-order valence-corrected chi connectivity index (χ3v) is 3.00. The molecule has 1 aromatic carbocycles. The molecular formula is C14H20ClN3O. The highest BCUT2D eigenvalue weighted by Gasteiger charge is 2.15. The maximum absolute atomic E-state index is 11.7. The lowest BCUT2D eigenvalue weighted by atomic mass is 10.1. The molecule has 0 saturated carbocycles. The van der Waals surface area contributed by atoms with Gasteiger partial charge in [0.25, 0.3) is 0 Å². The molecule has 0 aliphatic carbocycles. The summed E-state index contributed by atoms with van der Waals surface area (Å²) < 4.78 is 0. The zero-order chi connectivity index (χ0) is 13.0. The van der Waals surface area contributed by atoms with Gasteiger partial charge in [-0.3, -0.25) is 4.79 Å². The first-order chi connectivity index (χ1) is 8.72. The van der Waals surface area contributed by atoms with Gasteiger partial charge in [-0.25, -0.2) is 0 Å². The number of para-hydroxylation sites is 1. The fraction of sp³-hybridized carbons (Fsp3) is 0.357. The van der Waals surface area contributed by atoms with Crippen LogP contribution in [0.5, 0.6) is 0 Å². The number of carbonyl (C=O) groups is 1. The molecule has 0 aliphatic heterocycles. The predicted octanol–water partition coefficient (Wildman–Crippen LogP) is 1.99. The summed E-state index contributed by atoms with van der Waals surface area (Å²) in [6, 6.07) is 7.54. The van der Waals surface area contributed by atoms with E-state index in [1.165, 1.54) is 0 Å². The van der Waals surface area contributed by atoms with E-state index in [4.69, 9.17) is 5.73 Å². The van der Waals surface area contributed by atoms with Gasteiger partial charge >= 0.3 is 0 Å². The number of fused-ring (bicyclic) bond motifs is 1. The van der Waals surface area contributed by atoms with Crippen LogP contribution in [0.15, 0.2) is 30.5 Å².